The highest BCUT2D eigenvalue weighted by Gasteiger charge is 2.13. The van der Waals surface area contributed by atoms with Crippen molar-refractivity contribution in [3.63, 3.8) is 0 Å². The third kappa shape index (κ3) is 6.66. The molecule has 2 aromatic rings. The first kappa shape index (κ1) is 20.2. The summed E-state index contributed by atoms with van der Waals surface area (Å²) in [6, 6.07) is 8.41. The number of phenols is 1. The van der Waals surface area contributed by atoms with Gasteiger partial charge in [-0.3, -0.25) is 4.79 Å². The highest BCUT2D eigenvalue weighted by molar-refractivity contribution is 5.97. The summed E-state index contributed by atoms with van der Waals surface area (Å²) in [6.07, 6.45) is -0.546. The number of phenolic OH excluding ortho intramolecular Hbond substituents is 1. The third-order valence-corrected chi connectivity index (χ3v) is 3.47. The first-order valence-corrected chi connectivity index (χ1v) is 7.66. The maximum Gasteiger partial charge on any atom is 0.503 e. The Bertz CT molecular complexity index is 744. The summed E-state index contributed by atoms with van der Waals surface area (Å²) < 4.78 is 0. The molecule has 0 saturated carbocycles. The number of aromatic hydroxyl groups is 1. The van der Waals surface area contributed by atoms with Gasteiger partial charge < -0.3 is 32.1 Å². The Labute approximate surface area is 145 Å². The van der Waals surface area contributed by atoms with Gasteiger partial charge in [0, 0.05) is 5.69 Å². The molecule has 0 heterocycles. The van der Waals surface area contributed by atoms with E-state index >= 15 is 0 Å². The lowest BCUT2D eigenvalue weighted by molar-refractivity contribution is -0.117. The second kappa shape index (κ2) is 9.45. The summed E-state index contributed by atoms with van der Waals surface area (Å²) >= 11 is 0. The molecule has 1 amide bonds. The van der Waals surface area contributed by atoms with Crippen molar-refractivity contribution in [3.8, 4) is 5.75 Å². The Morgan fingerprint density at radius 1 is 1.20 bits per heavy atom. The number of nitrogens with two attached hydrogens (primary N) is 2. The molecule has 8 nitrogen and oxygen atoms in total. The number of amides is 1. The number of anilines is 1. The zero-order valence-corrected chi connectivity index (χ0v) is 13.9. The lowest BCUT2D eigenvalue weighted by Gasteiger charge is -2.12. The molecule has 2 aromatic carbocycles. The number of benzene rings is 2. The van der Waals surface area contributed by atoms with Crippen molar-refractivity contribution in [2.75, 3.05) is 11.9 Å². The molecule has 0 aliphatic rings. The number of carboxylic acid groups (broad SMARTS) is 2. The van der Waals surface area contributed by atoms with Crippen molar-refractivity contribution >= 4 is 28.5 Å². The molecule has 0 unspecified atom stereocenters. The van der Waals surface area contributed by atoms with Gasteiger partial charge in [-0.2, -0.15) is 0 Å². The average molecular weight is 349 g/mol. The maximum atomic E-state index is 12.0. The molecule has 0 bridgehead atoms. The van der Waals surface area contributed by atoms with Crippen LogP contribution >= 0.6 is 0 Å². The van der Waals surface area contributed by atoms with Gasteiger partial charge in [0.1, 0.15) is 5.75 Å². The minimum atomic E-state index is -1.83. The van der Waals surface area contributed by atoms with Gasteiger partial charge in [0.2, 0.25) is 5.91 Å². The molecule has 0 aliphatic heterocycles. The van der Waals surface area contributed by atoms with Gasteiger partial charge in [0.15, 0.2) is 0 Å². The smallest absolute Gasteiger partial charge is 0.503 e. The van der Waals surface area contributed by atoms with E-state index in [1.807, 2.05) is 25.1 Å². The van der Waals surface area contributed by atoms with Crippen LogP contribution in [0.5, 0.6) is 5.75 Å². The highest BCUT2D eigenvalue weighted by atomic mass is 16.6. The van der Waals surface area contributed by atoms with Crippen LogP contribution in [0.15, 0.2) is 30.3 Å². The van der Waals surface area contributed by atoms with Crippen LogP contribution in [-0.2, 0) is 4.79 Å². The van der Waals surface area contributed by atoms with Gasteiger partial charge in [-0.15, -0.1) is 0 Å². The van der Waals surface area contributed by atoms with E-state index in [0.717, 1.165) is 22.8 Å². The molecule has 8 heteroatoms. The standard InChI is InChI=1S/C16H21N3O2.CH2O3/c1-10-7-13(20)9-11-8-12(4-5-14(10)11)19-16(21)15(18)3-2-6-17;2-1(3)4/h4-5,7-9,15,20H,2-3,6,17-18H2,1H3,(H,19,21);(H2,2,3,4)/t15-;/m0./s1. The first-order valence-electron chi connectivity index (χ1n) is 7.66. The van der Waals surface area contributed by atoms with Gasteiger partial charge in [0.25, 0.3) is 0 Å². The van der Waals surface area contributed by atoms with Crippen molar-refractivity contribution in [2.45, 2.75) is 25.8 Å². The molecule has 0 aliphatic carbocycles. The van der Waals surface area contributed by atoms with Crippen LogP contribution in [0.25, 0.3) is 10.8 Å². The predicted molar refractivity (Wildman–Crippen MR) is 95.9 cm³/mol. The molecule has 0 aromatic heterocycles. The van der Waals surface area contributed by atoms with Gasteiger partial charge in [-0.05, 0) is 66.9 Å². The lowest BCUT2D eigenvalue weighted by atomic mass is 10.0. The van der Waals surface area contributed by atoms with Crippen LogP contribution in [0.4, 0.5) is 10.5 Å². The minimum Gasteiger partial charge on any atom is -0.508 e. The topological polar surface area (TPSA) is 159 Å². The van der Waals surface area contributed by atoms with Crippen LogP contribution in [-0.4, -0.2) is 40.0 Å². The molecular formula is C17H23N3O5. The molecule has 2 rings (SSSR count). The molecule has 0 radical (unpaired) electrons. The molecule has 1 atom stereocenters. The lowest BCUT2D eigenvalue weighted by Crippen LogP contribution is -2.35. The Kier molecular flexibility index (Phi) is 7.64. The van der Waals surface area contributed by atoms with Gasteiger partial charge in [-0.1, -0.05) is 6.07 Å². The van der Waals surface area contributed by atoms with E-state index in [-0.39, 0.29) is 11.7 Å². The fraction of sp³-hybridized carbons (Fsp3) is 0.294. The second-order valence-corrected chi connectivity index (χ2v) is 5.51. The minimum absolute atomic E-state index is 0.211. The molecule has 136 valence electrons. The Morgan fingerprint density at radius 2 is 1.84 bits per heavy atom. The van der Waals surface area contributed by atoms with E-state index in [1.54, 1.807) is 12.1 Å². The number of carbonyl (C=O) groups excluding carboxylic acids is 1. The van der Waals surface area contributed by atoms with Crippen LogP contribution < -0.4 is 16.8 Å². The number of aryl methyl sites for hydroxylation is 1. The highest BCUT2D eigenvalue weighted by Crippen LogP contribution is 2.26. The summed E-state index contributed by atoms with van der Waals surface area (Å²) in [7, 11) is 0. The van der Waals surface area contributed by atoms with Crippen LogP contribution in [0.2, 0.25) is 0 Å². The van der Waals surface area contributed by atoms with Crippen LogP contribution in [0.1, 0.15) is 18.4 Å². The van der Waals surface area contributed by atoms with E-state index in [9.17, 15) is 9.90 Å². The van der Waals surface area contributed by atoms with Crippen molar-refractivity contribution < 1.29 is 24.9 Å². The summed E-state index contributed by atoms with van der Waals surface area (Å²) in [5, 5.41) is 28.3. The van der Waals surface area contributed by atoms with Crippen LogP contribution in [0, 0.1) is 6.92 Å². The van der Waals surface area contributed by atoms with Gasteiger partial charge in [-0.25, -0.2) is 4.79 Å². The Balaban J connectivity index is 0.000000705. The number of fused-ring (bicyclic) bond motifs is 1. The Morgan fingerprint density at radius 3 is 2.44 bits per heavy atom. The van der Waals surface area contributed by atoms with E-state index < -0.39 is 12.2 Å². The van der Waals surface area contributed by atoms with E-state index in [2.05, 4.69) is 5.32 Å². The predicted octanol–water partition coefficient (Wildman–Crippen LogP) is 2.08. The van der Waals surface area contributed by atoms with E-state index in [1.165, 1.54) is 0 Å². The zero-order chi connectivity index (χ0) is 19.0. The monoisotopic (exact) mass is 349 g/mol. The SMILES string of the molecule is Cc1cc(O)cc2cc(NC(=O)[C@@H](N)CCCN)ccc12.O=C(O)O. The molecule has 0 spiro atoms. The van der Waals surface area contributed by atoms with Crippen LogP contribution in [0.3, 0.4) is 0 Å². The fourth-order valence-electron chi connectivity index (χ4n) is 2.32. The normalized spacial score (nSPS) is 11.3. The summed E-state index contributed by atoms with van der Waals surface area (Å²) in [5.41, 5.74) is 12.9. The van der Waals surface area contributed by atoms with E-state index in [0.29, 0.717) is 18.7 Å². The van der Waals surface area contributed by atoms with E-state index in [4.69, 9.17) is 26.5 Å². The fourth-order valence-corrected chi connectivity index (χ4v) is 2.32. The number of carbonyl (C=O) groups is 2. The van der Waals surface area contributed by atoms with Crippen molar-refractivity contribution in [1.29, 1.82) is 0 Å². The maximum absolute atomic E-state index is 12.0. The molecule has 25 heavy (non-hydrogen) atoms. The van der Waals surface area contributed by atoms with Crippen molar-refractivity contribution in [3.05, 3.63) is 35.9 Å². The summed E-state index contributed by atoms with van der Waals surface area (Å²) in [5.74, 6) is -0.0113. The zero-order valence-electron chi connectivity index (χ0n) is 13.9. The number of nitrogens with one attached hydrogen (secondary N) is 1. The van der Waals surface area contributed by atoms with Crippen molar-refractivity contribution in [2.24, 2.45) is 11.5 Å². The number of hydrogen-bond acceptors (Lipinski definition) is 5. The van der Waals surface area contributed by atoms with Gasteiger partial charge in [0.05, 0.1) is 6.04 Å². The first-order chi connectivity index (χ1) is 11.7. The summed E-state index contributed by atoms with van der Waals surface area (Å²) in [6.45, 7) is 2.46. The average Bonchev–Trinajstić information content (AvgIpc) is 2.51. The van der Waals surface area contributed by atoms with Gasteiger partial charge >= 0.3 is 6.16 Å². The number of rotatable bonds is 5. The second-order valence-electron chi connectivity index (χ2n) is 5.51. The molecular weight excluding hydrogens is 326 g/mol. The largest absolute Gasteiger partial charge is 0.508 e. The molecule has 0 fully saturated rings. The van der Waals surface area contributed by atoms with Crippen molar-refractivity contribution in [1.82, 2.24) is 0 Å². The third-order valence-electron chi connectivity index (χ3n) is 3.47. The molecule has 8 N–H and O–H groups in total. The Hall–Kier alpha value is -2.84. The molecule has 0 saturated heterocycles. The number of hydrogen-bond donors (Lipinski definition) is 6. The quantitative estimate of drug-likeness (QED) is 0.482. The summed E-state index contributed by atoms with van der Waals surface area (Å²) in [4.78, 5) is 20.5.